The molecule has 0 saturated heterocycles. The van der Waals surface area contributed by atoms with Crippen molar-refractivity contribution in [2.75, 3.05) is 32.6 Å². The molecule has 0 unspecified atom stereocenters. The number of nitrogens with two attached hydrogens (primary N) is 2. The number of nitrogens with one attached hydrogen (secondary N) is 1. The lowest BCUT2D eigenvalue weighted by Gasteiger charge is -2.14. The highest BCUT2D eigenvalue weighted by Crippen LogP contribution is 2.44. The van der Waals surface area contributed by atoms with Crippen LogP contribution in [0.4, 0.5) is 8.78 Å². The summed E-state index contributed by atoms with van der Waals surface area (Å²) in [6.45, 7) is -0.294. The summed E-state index contributed by atoms with van der Waals surface area (Å²) in [5.41, 5.74) is 10.6. The van der Waals surface area contributed by atoms with Gasteiger partial charge in [-0.2, -0.15) is 4.72 Å². The molecule has 0 atom stereocenters. The van der Waals surface area contributed by atoms with Gasteiger partial charge in [0, 0.05) is 18.5 Å². The van der Waals surface area contributed by atoms with Crippen LogP contribution in [0.5, 0.6) is 11.5 Å². The third kappa shape index (κ3) is 5.15. The molecule has 1 heterocycles. The Morgan fingerprint density at radius 2 is 1.64 bits per heavy atom. The summed E-state index contributed by atoms with van der Waals surface area (Å²) in [5.74, 6) is -3.27. The van der Waals surface area contributed by atoms with E-state index in [4.69, 9.17) is 30.7 Å². The predicted molar refractivity (Wildman–Crippen MR) is 98.1 cm³/mol. The lowest BCUT2D eigenvalue weighted by atomic mass is 10.2. The average Bonchev–Trinajstić information content (AvgIpc) is 3.07. The molecule has 0 amide bonds. The van der Waals surface area contributed by atoms with E-state index in [2.05, 4.69) is 0 Å². The molecular formula is C13H18F2N3O7PS2. The molecule has 2 aromatic rings. The van der Waals surface area contributed by atoms with Gasteiger partial charge in [0.05, 0.1) is 4.70 Å². The second kappa shape index (κ2) is 8.97. The van der Waals surface area contributed by atoms with E-state index < -0.39 is 56.6 Å². The van der Waals surface area contributed by atoms with Crippen molar-refractivity contribution in [1.29, 1.82) is 0 Å². The van der Waals surface area contributed by atoms with Gasteiger partial charge in [-0.25, -0.2) is 17.2 Å². The van der Waals surface area contributed by atoms with Crippen LogP contribution in [0.25, 0.3) is 10.1 Å². The van der Waals surface area contributed by atoms with E-state index in [1.807, 2.05) is 0 Å². The van der Waals surface area contributed by atoms with Crippen molar-refractivity contribution in [2.45, 2.75) is 4.21 Å². The number of hydrogen-bond donors (Lipinski definition) is 5. The second-order valence-corrected chi connectivity index (χ2v) is 10.0. The quantitative estimate of drug-likeness (QED) is 0.311. The van der Waals surface area contributed by atoms with Gasteiger partial charge in [0.1, 0.15) is 23.7 Å². The van der Waals surface area contributed by atoms with Crippen molar-refractivity contribution in [1.82, 2.24) is 4.72 Å². The minimum Gasteiger partial charge on any atom is -0.486 e. The molecule has 0 bridgehead atoms. The Hall–Kier alpha value is -1.38. The van der Waals surface area contributed by atoms with Crippen LogP contribution in [0.1, 0.15) is 0 Å². The summed E-state index contributed by atoms with van der Waals surface area (Å²) < 4.78 is 76.0. The summed E-state index contributed by atoms with van der Waals surface area (Å²) in [7, 11) is -9.10. The van der Waals surface area contributed by atoms with Gasteiger partial charge in [-0.15, -0.1) is 11.3 Å². The van der Waals surface area contributed by atoms with E-state index in [1.165, 1.54) is 0 Å². The van der Waals surface area contributed by atoms with Crippen molar-refractivity contribution < 1.29 is 41.0 Å². The lowest BCUT2D eigenvalue weighted by Crippen LogP contribution is -2.23. The molecule has 0 aliphatic rings. The van der Waals surface area contributed by atoms with E-state index in [-0.39, 0.29) is 31.0 Å². The molecule has 0 spiro atoms. The second-order valence-electron chi connectivity index (χ2n) is 5.34. The Balaban J connectivity index is 2.58. The fraction of sp³-hybridized carbons (Fsp3) is 0.385. The molecule has 0 radical (unpaired) electrons. The van der Waals surface area contributed by atoms with Gasteiger partial charge in [0.2, 0.25) is 11.5 Å². The smallest absolute Gasteiger partial charge is 0.340 e. The normalized spacial score (nSPS) is 12.5. The van der Waals surface area contributed by atoms with Gasteiger partial charge >= 0.3 is 7.60 Å². The molecule has 1 aromatic carbocycles. The minimum absolute atomic E-state index is 0.00495. The number of ether oxygens (including phenoxy) is 2. The van der Waals surface area contributed by atoms with Gasteiger partial charge in [-0.3, -0.25) is 4.57 Å². The first-order valence-corrected chi connectivity index (χ1v) is 11.8. The molecule has 2 rings (SSSR count). The summed E-state index contributed by atoms with van der Waals surface area (Å²) >= 11 is 0.366. The molecule has 0 aliphatic carbocycles. The van der Waals surface area contributed by atoms with Crippen LogP contribution in [0.15, 0.2) is 10.3 Å². The summed E-state index contributed by atoms with van der Waals surface area (Å²) in [4.78, 5) is 17.6. The molecule has 15 heteroatoms. The van der Waals surface area contributed by atoms with Crippen molar-refractivity contribution in [3.8, 4) is 11.5 Å². The first kappa shape index (κ1) is 22.9. The van der Waals surface area contributed by atoms with Gasteiger partial charge in [-0.1, -0.05) is 0 Å². The van der Waals surface area contributed by atoms with Crippen molar-refractivity contribution >= 4 is 39.0 Å². The van der Waals surface area contributed by atoms with Crippen molar-refractivity contribution in [2.24, 2.45) is 11.5 Å². The summed E-state index contributed by atoms with van der Waals surface area (Å²) in [6, 6.07) is 0.836. The number of hydrogen-bond acceptors (Lipinski definition) is 8. The van der Waals surface area contributed by atoms with Gasteiger partial charge in [-0.05, 0) is 6.07 Å². The maximum atomic E-state index is 14.9. The van der Waals surface area contributed by atoms with Crippen molar-refractivity contribution in [3.63, 3.8) is 0 Å². The first-order valence-electron chi connectivity index (χ1n) is 7.66. The van der Waals surface area contributed by atoms with Gasteiger partial charge in [0.15, 0.2) is 11.6 Å². The van der Waals surface area contributed by atoms with E-state index in [9.17, 15) is 21.8 Å². The zero-order chi connectivity index (χ0) is 21.1. The molecule has 0 fully saturated rings. The number of thiophene rings is 1. The highest BCUT2D eigenvalue weighted by atomic mass is 32.2. The molecule has 1 aromatic heterocycles. The van der Waals surface area contributed by atoms with Crippen LogP contribution in [0.2, 0.25) is 0 Å². The topological polar surface area (TPSA) is 174 Å². The number of fused-ring (bicyclic) bond motifs is 1. The summed E-state index contributed by atoms with van der Waals surface area (Å²) in [6.07, 6.45) is -1.16. The third-order valence-corrected chi connectivity index (χ3v) is 6.99. The Morgan fingerprint density at radius 1 is 1.11 bits per heavy atom. The number of benzene rings is 1. The van der Waals surface area contributed by atoms with Gasteiger partial charge < -0.3 is 30.7 Å². The fourth-order valence-electron chi connectivity index (χ4n) is 2.07. The van der Waals surface area contributed by atoms with Crippen LogP contribution in [-0.2, 0) is 14.6 Å². The fourth-order valence-corrected chi connectivity index (χ4v) is 5.52. The van der Waals surface area contributed by atoms with Crippen molar-refractivity contribution in [3.05, 3.63) is 17.7 Å². The SMILES string of the molecule is NCCOc1c(OCCN)c(F)c2sc(S(=O)(=O)NCP(=O)(O)O)cc2c1F. The van der Waals surface area contributed by atoms with Crippen LogP contribution < -0.4 is 25.7 Å². The Kier molecular flexibility index (Phi) is 7.33. The monoisotopic (exact) mass is 461 g/mol. The van der Waals surface area contributed by atoms with E-state index in [1.54, 1.807) is 4.72 Å². The van der Waals surface area contributed by atoms with Gasteiger partial charge in [0.25, 0.3) is 10.0 Å². The zero-order valence-corrected chi connectivity index (χ0v) is 16.8. The Morgan fingerprint density at radius 3 is 2.14 bits per heavy atom. The minimum atomic E-state index is -4.67. The molecule has 0 aliphatic heterocycles. The Labute approximate surface area is 162 Å². The standard InChI is InChI=1S/C13H18F2N3O7PS2/c14-9-7-5-8(28(22,23)18-6-26(19,20)21)27-13(7)10(15)12(25-4-2-17)11(9)24-3-1-16/h5,18H,1-4,6,16-17H2,(H2,19,20,21). The molecule has 0 saturated carbocycles. The van der Waals surface area contributed by atoms with E-state index in [0.717, 1.165) is 6.07 Å². The van der Waals surface area contributed by atoms with Crippen LogP contribution in [-0.4, -0.2) is 50.8 Å². The number of sulfonamides is 1. The zero-order valence-electron chi connectivity index (χ0n) is 14.2. The van der Waals surface area contributed by atoms with Crippen LogP contribution >= 0.6 is 18.9 Å². The maximum Gasteiger partial charge on any atom is 0.340 e. The first-order chi connectivity index (χ1) is 13.0. The molecule has 28 heavy (non-hydrogen) atoms. The van der Waals surface area contributed by atoms with Crippen LogP contribution in [0, 0.1) is 11.6 Å². The molecule has 10 nitrogen and oxygen atoms in total. The Bertz CT molecular complexity index is 958. The highest BCUT2D eigenvalue weighted by Gasteiger charge is 2.28. The van der Waals surface area contributed by atoms with E-state index in [0.29, 0.717) is 11.3 Å². The largest absolute Gasteiger partial charge is 0.486 e. The molecular weight excluding hydrogens is 443 g/mol. The van der Waals surface area contributed by atoms with E-state index >= 15 is 0 Å². The van der Waals surface area contributed by atoms with Crippen LogP contribution in [0.3, 0.4) is 0 Å². The molecule has 7 N–H and O–H groups in total. The lowest BCUT2D eigenvalue weighted by molar-refractivity contribution is 0.258. The molecule has 158 valence electrons. The third-order valence-electron chi connectivity index (χ3n) is 3.20. The maximum absolute atomic E-state index is 14.9. The average molecular weight is 461 g/mol. The predicted octanol–water partition coefficient (Wildman–Crippen LogP) is 0.268. The highest BCUT2D eigenvalue weighted by molar-refractivity contribution is 7.92. The number of rotatable bonds is 10. The summed E-state index contributed by atoms with van der Waals surface area (Å²) in [5, 5.41) is -0.397. The number of halogens is 2.